The van der Waals surface area contributed by atoms with Gasteiger partial charge in [-0.25, -0.2) is 0 Å². The molecule has 0 saturated carbocycles. The number of rotatable bonds is 1. The SMILES string of the molecule is CO[C@H]1C[C@H](N)[C@@H](N)[C@@H](C)O1.[Cl-].[Cl-].[Pd+2]. The zero-order valence-electron chi connectivity index (χ0n) is 8.06. The van der Waals surface area contributed by atoms with Gasteiger partial charge in [-0.05, 0) is 6.92 Å². The Hall–Kier alpha value is 1.08. The van der Waals surface area contributed by atoms with Crippen molar-refractivity contribution in [1.29, 1.82) is 0 Å². The predicted octanol–water partition coefficient (Wildman–Crippen LogP) is -6.57. The second kappa shape index (κ2) is 9.32. The van der Waals surface area contributed by atoms with Gasteiger partial charge in [0.1, 0.15) is 0 Å². The molecule has 4 N–H and O–H groups in total. The van der Waals surface area contributed by atoms with E-state index in [1.807, 2.05) is 6.92 Å². The zero-order chi connectivity index (χ0) is 8.43. The van der Waals surface area contributed by atoms with E-state index in [-0.39, 0.29) is 69.7 Å². The van der Waals surface area contributed by atoms with Crippen LogP contribution in [0.15, 0.2) is 0 Å². The third-order valence-corrected chi connectivity index (χ3v) is 2.13. The summed E-state index contributed by atoms with van der Waals surface area (Å²) in [6, 6.07) is -0.0786. The molecule has 0 bridgehead atoms. The Labute approximate surface area is 111 Å². The predicted molar refractivity (Wildman–Crippen MR) is 41.9 cm³/mol. The van der Waals surface area contributed by atoms with Crippen LogP contribution in [-0.2, 0) is 29.9 Å². The first-order chi connectivity index (χ1) is 5.15. The van der Waals surface area contributed by atoms with E-state index in [1.165, 1.54) is 0 Å². The molecule has 0 aromatic heterocycles. The third-order valence-electron chi connectivity index (χ3n) is 2.13. The maximum atomic E-state index is 5.75. The van der Waals surface area contributed by atoms with Crippen LogP contribution in [0.25, 0.3) is 0 Å². The fraction of sp³-hybridized carbons (Fsp3) is 1.00. The Kier molecular flexibility index (Phi) is 13.6. The van der Waals surface area contributed by atoms with E-state index in [9.17, 15) is 0 Å². The Balaban J connectivity index is -0.000000403. The van der Waals surface area contributed by atoms with Gasteiger partial charge in [0.2, 0.25) is 0 Å². The van der Waals surface area contributed by atoms with E-state index < -0.39 is 0 Å². The van der Waals surface area contributed by atoms with Crippen LogP contribution in [0.3, 0.4) is 0 Å². The van der Waals surface area contributed by atoms with Crippen molar-refractivity contribution in [2.24, 2.45) is 11.5 Å². The van der Waals surface area contributed by atoms with E-state index in [1.54, 1.807) is 7.11 Å². The molecule has 1 fully saturated rings. The first kappa shape index (κ1) is 20.5. The molecule has 0 unspecified atom stereocenters. The van der Waals surface area contributed by atoms with Gasteiger partial charge in [-0.1, -0.05) is 0 Å². The molecule has 0 aromatic rings. The molecule has 1 aliphatic heterocycles. The second-order valence-corrected chi connectivity index (χ2v) is 2.98. The van der Waals surface area contributed by atoms with Gasteiger partial charge >= 0.3 is 20.4 Å². The van der Waals surface area contributed by atoms with Crippen molar-refractivity contribution < 1.29 is 54.7 Å². The van der Waals surface area contributed by atoms with Crippen LogP contribution in [0, 0.1) is 0 Å². The molecular formula is C7H16Cl2N2O2Pd. The van der Waals surface area contributed by atoms with E-state index in [0.717, 1.165) is 0 Å². The third kappa shape index (κ3) is 5.24. The van der Waals surface area contributed by atoms with Crippen molar-refractivity contribution >= 4 is 0 Å². The summed E-state index contributed by atoms with van der Waals surface area (Å²) < 4.78 is 10.4. The van der Waals surface area contributed by atoms with Gasteiger partial charge in [-0.2, -0.15) is 0 Å². The number of nitrogens with two attached hydrogens (primary N) is 2. The van der Waals surface area contributed by atoms with Crippen LogP contribution in [0.4, 0.5) is 0 Å². The van der Waals surface area contributed by atoms with E-state index in [4.69, 9.17) is 20.9 Å². The van der Waals surface area contributed by atoms with Crippen LogP contribution in [0.5, 0.6) is 0 Å². The Morgan fingerprint density at radius 3 is 2.14 bits per heavy atom. The van der Waals surface area contributed by atoms with Crippen molar-refractivity contribution in [2.45, 2.75) is 37.8 Å². The average Bonchev–Trinajstić information content (AvgIpc) is 1.99. The summed E-state index contributed by atoms with van der Waals surface area (Å²) in [4.78, 5) is 0. The first-order valence-corrected chi connectivity index (χ1v) is 3.84. The molecule has 0 amide bonds. The number of ether oxygens (including phenoxy) is 2. The molecule has 7 heteroatoms. The number of hydrogen-bond donors (Lipinski definition) is 2. The summed E-state index contributed by atoms with van der Waals surface area (Å²) in [5, 5.41) is 0. The Bertz CT molecular complexity index is 133. The largest absolute Gasteiger partial charge is 2.00 e. The number of methoxy groups -OCH3 is 1. The van der Waals surface area contributed by atoms with Gasteiger partial charge in [0.05, 0.1) is 6.10 Å². The van der Waals surface area contributed by atoms with E-state index in [2.05, 4.69) is 0 Å². The van der Waals surface area contributed by atoms with Gasteiger partial charge < -0.3 is 45.8 Å². The Morgan fingerprint density at radius 1 is 1.29 bits per heavy atom. The molecule has 1 heterocycles. The summed E-state index contributed by atoms with van der Waals surface area (Å²) in [5.74, 6) is 0. The standard InChI is InChI=1S/C7H16N2O2.2ClH.Pd/c1-4-7(9)5(8)3-6(10-2)11-4;;;/h4-7H,3,8-9H2,1-2H3;2*1H;/q;;;+2/p-2/t4-,5+,6-,7+;;;/m1.../s1. The fourth-order valence-corrected chi connectivity index (χ4v) is 1.26. The van der Waals surface area contributed by atoms with Crippen molar-refractivity contribution in [3.8, 4) is 0 Å². The minimum absolute atomic E-state index is 0. The molecule has 0 aromatic carbocycles. The van der Waals surface area contributed by atoms with Crippen molar-refractivity contribution in [1.82, 2.24) is 0 Å². The fourth-order valence-electron chi connectivity index (χ4n) is 1.26. The van der Waals surface area contributed by atoms with Crippen LogP contribution in [0.1, 0.15) is 13.3 Å². The van der Waals surface area contributed by atoms with E-state index in [0.29, 0.717) is 6.42 Å². The van der Waals surface area contributed by atoms with Gasteiger partial charge in [-0.15, -0.1) is 0 Å². The maximum Gasteiger partial charge on any atom is 2.00 e. The monoisotopic (exact) mass is 336 g/mol. The topological polar surface area (TPSA) is 70.5 Å². The molecule has 1 aliphatic rings. The molecule has 0 radical (unpaired) electrons. The van der Waals surface area contributed by atoms with Crippen LogP contribution < -0.4 is 36.3 Å². The molecule has 1 saturated heterocycles. The van der Waals surface area contributed by atoms with Gasteiger partial charge in [-0.3, -0.25) is 0 Å². The molecule has 0 spiro atoms. The summed E-state index contributed by atoms with van der Waals surface area (Å²) in [6.07, 6.45) is 0.491. The van der Waals surface area contributed by atoms with Gasteiger partial charge in [0.25, 0.3) is 0 Å². The average molecular weight is 338 g/mol. The molecule has 90 valence electrons. The first-order valence-electron chi connectivity index (χ1n) is 3.84. The summed E-state index contributed by atoms with van der Waals surface area (Å²) in [6.45, 7) is 1.91. The maximum absolute atomic E-state index is 5.75. The molecule has 1 rings (SSSR count). The Morgan fingerprint density at radius 2 is 1.79 bits per heavy atom. The van der Waals surface area contributed by atoms with Crippen LogP contribution in [0.2, 0.25) is 0 Å². The zero-order valence-corrected chi connectivity index (χ0v) is 11.1. The number of hydrogen-bond acceptors (Lipinski definition) is 4. The van der Waals surface area contributed by atoms with Crippen molar-refractivity contribution in [3.05, 3.63) is 0 Å². The van der Waals surface area contributed by atoms with Crippen LogP contribution in [-0.4, -0.2) is 31.6 Å². The molecule has 4 atom stereocenters. The summed E-state index contributed by atoms with van der Waals surface area (Å²) in [5.41, 5.74) is 11.5. The second-order valence-electron chi connectivity index (χ2n) is 2.98. The summed E-state index contributed by atoms with van der Waals surface area (Å²) in [7, 11) is 1.61. The quantitative estimate of drug-likeness (QED) is 0.467. The molecule has 0 aliphatic carbocycles. The minimum Gasteiger partial charge on any atom is -1.00 e. The van der Waals surface area contributed by atoms with Crippen LogP contribution >= 0.6 is 0 Å². The van der Waals surface area contributed by atoms with Gasteiger partial charge in [0.15, 0.2) is 6.29 Å². The smallest absolute Gasteiger partial charge is 1.00 e. The minimum atomic E-state index is -0.181. The molecule has 4 nitrogen and oxygen atoms in total. The van der Waals surface area contributed by atoms with Crippen molar-refractivity contribution in [2.75, 3.05) is 7.11 Å². The van der Waals surface area contributed by atoms with Crippen molar-refractivity contribution in [3.63, 3.8) is 0 Å². The summed E-state index contributed by atoms with van der Waals surface area (Å²) >= 11 is 0. The van der Waals surface area contributed by atoms with E-state index >= 15 is 0 Å². The number of halogens is 2. The molecular weight excluding hydrogens is 321 g/mol. The normalized spacial score (nSPS) is 36.0. The molecule has 14 heavy (non-hydrogen) atoms. The van der Waals surface area contributed by atoms with Gasteiger partial charge in [0, 0.05) is 25.6 Å².